The number of benzene rings is 2. The molecular weight excluding hydrogens is 481 g/mol. The lowest BCUT2D eigenvalue weighted by molar-refractivity contribution is -0.140. The van der Waals surface area contributed by atoms with Crippen LogP contribution in [0.3, 0.4) is 0 Å². The van der Waals surface area contributed by atoms with Gasteiger partial charge >= 0.3 is 0 Å². The Morgan fingerprint density at radius 1 is 1.06 bits per heavy atom. The maximum atomic E-state index is 13.7. The van der Waals surface area contributed by atoms with E-state index >= 15 is 0 Å². The van der Waals surface area contributed by atoms with Gasteiger partial charge in [0.05, 0.1) is 11.9 Å². The quantitative estimate of drug-likeness (QED) is 0.513. The summed E-state index contributed by atoms with van der Waals surface area (Å²) in [5.74, 6) is -1.23. The smallest absolute Gasteiger partial charge is 0.244 e. The lowest BCUT2D eigenvalue weighted by Crippen LogP contribution is -2.54. The third-order valence-electron chi connectivity index (χ3n) is 6.73. The van der Waals surface area contributed by atoms with Gasteiger partial charge in [-0.15, -0.1) is 0 Å². The van der Waals surface area contributed by atoms with Gasteiger partial charge in [0, 0.05) is 12.6 Å². The highest BCUT2D eigenvalue weighted by Gasteiger charge is 2.33. The normalized spacial score (nSPS) is 15.2. The number of rotatable bonds is 10. The maximum Gasteiger partial charge on any atom is 0.244 e. The monoisotopic (exact) mass is 517 g/mol. The van der Waals surface area contributed by atoms with Crippen molar-refractivity contribution in [3.8, 4) is 0 Å². The first-order valence-corrected chi connectivity index (χ1v) is 14.3. The fraction of sp³-hybridized carbons (Fsp3) is 0.481. The Labute approximate surface area is 213 Å². The molecule has 9 heteroatoms. The highest BCUT2D eigenvalue weighted by molar-refractivity contribution is 7.92. The molecule has 1 aliphatic rings. The molecule has 0 heterocycles. The van der Waals surface area contributed by atoms with Gasteiger partial charge in [-0.25, -0.2) is 12.8 Å². The van der Waals surface area contributed by atoms with Crippen LogP contribution < -0.4 is 9.62 Å². The molecule has 1 fully saturated rings. The number of nitrogens with one attached hydrogen (secondary N) is 1. The van der Waals surface area contributed by atoms with Gasteiger partial charge in [-0.2, -0.15) is 0 Å². The number of carbonyl (C=O) groups excluding carboxylic acids is 2. The van der Waals surface area contributed by atoms with Crippen molar-refractivity contribution in [1.29, 1.82) is 0 Å². The predicted octanol–water partition coefficient (Wildman–Crippen LogP) is 4.16. The third kappa shape index (κ3) is 7.29. The molecule has 2 aromatic rings. The van der Waals surface area contributed by atoms with E-state index in [0.29, 0.717) is 6.42 Å². The summed E-state index contributed by atoms with van der Waals surface area (Å²) in [6.45, 7) is 3.45. The van der Waals surface area contributed by atoms with Gasteiger partial charge in [-0.3, -0.25) is 13.9 Å². The van der Waals surface area contributed by atoms with Gasteiger partial charge in [0.25, 0.3) is 0 Å². The summed E-state index contributed by atoms with van der Waals surface area (Å²) in [5.41, 5.74) is 2.03. The van der Waals surface area contributed by atoms with Crippen LogP contribution in [0.25, 0.3) is 0 Å². The van der Waals surface area contributed by atoms with E-state index in [2.05, 4.69) is 5.32 Å². The number of nitrogens with zero attached hydrogens (tertiary/aromatic N) is 2. The average molecular weight is 518 g/mol. The molecule has 1 atom stereocenters. The second-order valence-corrected chi connectivity index (χ2v) is 11.4. The molecule has 36 heavy (non-hydrogen) atoms. The third-order valence-corrected chi connectivity index (χ3v) is 7.87. The summed E-state index contributed by atoms with van der Waals surface area (Å²) in [6, 6.07) is 11.9. The van der Waals surface area contributed by atoms with E-state index in [1.54, 1.807) is 0 Å². The van der Waals surface area contributed by atoms with Crippen molar-refractivity contribution in [1.82, 2.24) is 10.2 Å². The Bertz CT molecular complexity index is 1150. The van der Waals surface area contributed by atoms with E-state index < -0.39 is 34.3 Å². The van der Waals surface area contributed by atoms with Crippen molar-refractivity contribution in [2.45, 2.75) is 71.0 Å². The van der Waals surface area contributed by atoms with Crippen LogP contribution in [0.4, 0.5) is 10.1 Å². The van der Waals surface area contributed by atoms with E-state index in [0.717, 1.165) is 65.9 Å². The van der Waals surface area contributed by atoms with Crippen molar-refractivity contribution in [2.24, 2.45) is 0 Å². The second-order valence-electron chi connectivity index (χ2n) is 9.46. The molecule has 0 unspecified atom stereocenters. The molecule has 1 aliphatic carbocycles. The number of hydrogen-bond donors (Lipinski definition) is 1. The van der Waals surface area contributed by atoms with Gasteiger partial charge in [0.2, 0.25) is 21.8 Å². The minimum atomic E-state index is -3.85. The first kappa shape index (κ1) is 27.6. The molecule has 0 bridgehead atoms. The Hall–Kier alpha value is -2.94. The highest BCUT2D eigenvalue weighted by atomic mass is 32.2. The van der Waals surface area contributed by atoms with E-state index in [1.165, 1.54) is 17.0 Å². The molecule has 0 aromatic heterocycles. The van der Waals surface area contributed by atoms with E-state index in [1.807, 2.05) is 38.1 Å². The van der Waals surface area contributed by atoms with Gasteiger partial charge in [-0.05, 0) is 61.6 Å². The number of anilines is 1. The summed E-state index contributed by atoms with van der Waals surface area (Å²) in [6.07, 6.45) is 6.50. The Balaban J connectivity index is 1.91. The van der Waals surface area contributed by atoms with Crippen LogP contribution in [0.15, 0.2) is 48.5 Å². The minimum absolute atomic E-state index is 0.0856. The number of halogens is 1. The summed E-state index contributed by atoms with van der Waals surface area (Å²) in [4.78, 5) is 28.6. The number of amides is 2. The number of hydrogen-bond acceptors (Lipinski definition) is 4. The largest absolute Gasteiger partial charge is 0.352 e. The zero-order chi connectivity index (χ0) is 26.3. The maximum absolute atomic E-state index is 13.7. The second kappa shape index (κ2) is 12.3. The molecule has 0 spiro atoms. The summed E-state index contributed by atoms with van der Waals surface area (Å²) in [5, 5.41) is 3.12. The highest BCUT2D eigenvalue weighted by Crippen LogP contribution is 2.22. The zero-order valence-corrected chi connectivity index (χ0v) is 22.1. The fourth-order valence-electron chi connectivity index (χ4n) is 4.66. The summed E-state index contributed by atoms with van der Waals surface area (Å²) in [7, 11) is -3.85. The lowest BCUT2D eigenvalue weighted by Gasteiger charge is -2.34. The van der Waals surface area contributed by atoms with Crippen molar-refractivity contribution < 1.29 is 22.4 Å². The predicted molar refractivity (Wildman–Crippen MR) is 139 cm³/mol. The first-order valence-electron chi connectivity index (χ1n) is 12.5. The topological polar surface area (TPSA) is 86.8 Å². The Morgan fingerprint density at radius 2 is 1.69 bits per heavy atom. The van der Waals surface area contributed by atoms with Crippen molar-refractivity contribution in [2.75, 3.05) is 17.1 Å². The van der Waals surface area contributed by atoms with E-state index in [9.17, 15) is 22.4 Å². The van der Waals surface area contributed by atoms with Crippen molar-refractivity contribution in [3.63, 3.8) is 0 Å². The van der Waals surface area contributed by atoms with Crippen LogP contribution >= 0.6 is 0 Å². The van der Waals surface area contributed by atoms with Crippen LogP contribution in [0.5, 0.6) is 0 Å². The summed E-state index contributed by atoms with van der Waals surface area (Å²) >= 11 is 0. The fourth-order valence-corrected chi connectivity index (χ4v) is 5.51. The first-order chi connectivity index (χ1) is 17.1. The molecule has 196 valence electrons. The Kier molecular flexibility index (Phi) is 9.48. The number of carbonyl (C=O) groups is 2. The molecule has 0 saturated heterocycles. The van der Waals surface area contributed by atoms with Crippen molar-refractivity contribution >= 4 is 27.5 Å². The minimum Gasteiger partial charge on any atom is -0.352 e. The van der Waals surface area contributed by atoms with Crippen LogP contribution in [-0.4, -0.2) is 50.0 Å². The molecule has 2 amide bonds. The molecule has 0 radical (unpaired) electrons. The molecular formula is C27H36FN3O4S. The molecule has 3 rings (SSSR count). The van der Waals surface area contributed by atoms with Crippen LogP contribution in [0, 0.1) is 12.7 Å². The van der Waals surface area contributed by atoms with Crippen LogP contribution in [0.1, 0.15) is 56.6 Å². The standard InChI is InChI=1S/C27H36FN3O4S/c1-4-25(27(33)29-23-12-6-5-7-13-23)30(18-21-11-9-8-10-20(21)2)26(32)19-31(36(3,34)35)24-16-14-22(28)15-17-24/h8-11,14-17,23,25H,4-7,12-13,18-19H2,1-3H3,(H,29,33)/t25-/m0/s1. The van der Waals surface area contributed by atoms with Crippen LogP contribution in [0.2, 0.25) is 0 Å². The van der Waals surface area contributed by atoms with Gasteiger partial charge in [-0.1, -0.05) is 50.5 Å². The van der Waals surface area contributed by atoms with Crippen molar-refractivity contribution in [3.05, 3.63) is 65.5 Å². The molecule has 1 N–H and O–H groups in total. The van der Waals surface area contributed by atoms with Gasteiger partial charge in [0.1, 0.15) is 18.4 Å². The van der Waals surface area contributed by atoms with Gasteiger partial charge in [0.15, 0.2) is 0 Å². The lowest BCUT2D eigenvalue weighted by atomic mass is 9.95. The van der Waals surface area contributed by atoms with E-state index in [-0.39, 0.29) is 24.2 Å². The average Bonchev–Trinajstić information content (AvgIpc) is 2.84. The van der Waals surface area contributed by atoms with E-state index in [4.69, 9.17) is 0 Å². The van der Waals surface area contributed by atoms with Gasteiger partial charge < -0.3 is 10.2 Å². The SMILES string of the molecule is CC[C@@H](C(=O)NC1CCCCC1)N(Cc1ccccc1C)C(=O)CN(c1ccc(F)cc1)S(C)(=O)=O. The van der Waals surface area contributed by atoms with Crippen LogP contribution in [-0.2, 0) is 26.2 Å². The Morgan fingerprint density at radius 3 is 2.28 bits per heavy atom. The molecule has 0 aliphatic heterocycles. The summed E-state index contributed by atoms with van der Waals surface area (Å²) < 4.78 is 39.6. The zero-order valence-electron chi connectivity index (χ0n) is 21.2. The number of sulfonamides is 1. The molecule has 1 saturated carbocycles. The molecule has 7 nitrogen and oxygen atoms in total. The molecule has 2 aromatic carbocycles. The number of aryl methyl sites for hydroxylation is 1.